The van der Waals surface area contributed by atoms with E-state index < -0.39 is 0 Å². The number of benzene rings is 2. The highest BCUT2D eigenvalue weighted by Gasteiger charge is 2.06. The summed E-state index contributed by atoms with van der Waals surface area (Å²) in [7, 11) is 0. The van der Waals surface area contributed by atoms with Gasteiger partial charge in [-0.1, -0.05) is 48.2 Å². The zero-order valence-corrected chi connectivity index (χ0v) is 15.7. The predicted molar refractivity (Wildman–Crippen MR) is 111 cm³/mol. The quantitative estimate of drug-likeness (QED) is 0.483. The van der Waals surface area contributed by atoms with Crippen molar-refractivity contribution < 1.29 is 4.79 Å². The van der Waals surface area contributed by atoms with E-state index >= 15 is 0 Å². The fraction of sp³-hybridized carbons (Fsp3) is 0.0476. The van der Waals surface area contributed by atoms with Crippen LogP contribution in [0.5, 0.6) is 0 Å². The van der Waals surface area contributed by atoms with Crippen molar-refractivity contribution in [3.8, 4) is 22.3 Å². The molecule has 0 unspecified atom stereocenters. The molecule has 1 amide bonds. The Labute approximate surface area is 166 Å². The minimum Gasteiger partial charge on any atom is -0.325 e. The van der Waals surface area contributed by atoms with Crippen molar-refractivity contribution in [3.05, 3.63) is 79.4 Å². The molecule has 0 fully saturated rings. The van der Waals surface area contributed by atoms with E-state index in [0.717, 1.165) is 27.9 Å². The molecule has 2 heterocycles. The van der Waals surface area contributed by atoms with Gasteiger partial charge in [-0.15, -0.1) is 10.2 Å². The first-order valence-electron chi connectivity index (χ1n) is 8.67. The molecule has 0 bridgehead atoms. The van der Waals surface area contributed by atoms with Crippen LogP contribution >= 0.6 is 11.8 Å². The lowest BCUT2D eigenvalue weighted by atomic mass is 10.00. The molecule has 0 aliphatic rings. The van der Waals surface area contributed by atoms with Crippen molar-refractivity contribution in [3.63, 3.8) is 0 Å². The molecule has 0 spiro atoms. The maximum atomic E-state index is 12.1. The Kier molecular flexibility index (Phi) is 5.44. The first kappa shape index (κ1) is 17.9. The second-order valence-corrected chi connectivity index (χ2v) is 6.99. The lowest BCUT2D eigenvalue weighted by Crippen LogP contribution is -2.14. The molecule has 2 N–H and O–H groups in total. The van der Waals surface area contributed by atoms with E-state index in [2.05, 4.69) is 43.7 Å². The Morgan fingerprint density at radius 2 is 1.75 bits per heavy atom. The van der Waals surface area contributed by atoms with Gasteiger partial charge >= 0.3 is 0 Å². The fourth-order valence-corrected chi connectivity index (χ4v) is 3.33. The van der Waals surface area contributed by atoms with Crippen molar-refractivity contribution in [1.82, 2.24) is 20.2 Å². The van der Waals surface area contributed by atoms with Crippen LogP contribution in [0.1, 0.15) is 0 Å². The summed E-state index contributed by atoms with van der Waals surface area (Å²) in [6, 6.07) is 20.1. The van der Waals surface area contributed by atoms with E-state index in [1.54, 1.807) is 6.20 Å². The summed E-state index contributed by atoms with van der Waals surface area (Å²) in [6.45, 7) is 0. The Balaban J connectivity index is 1.42. The minimum atomic E-state index is -0.0901. The molecule has 0 aliphatic carbocycles. The van der Waals surface area contributed by atoms with Crippen LogP contribution in [0.25, 0.3) is 22.3 Å². The maximum absolute atomic E-state index is 12.1. The van der Waals surface area contributed by atoms with Gasteiger partial charge in [0.25, 0.3) is 0 Å². The van der Waals surface area contributed by atoms with Crippen LogP contribution in [-0.4, -0.2) is 31.8 Å². The second-order valence-electron chi connectivity index (χ2n) is 6.03. The SMILES string of the molecule is O=C(CSc1nnc[nH]1)Nc1ccc(-c2cccc(-c3cccnc3)c2)cc1. The van der Waals surface area contributed by atoms with Gasteiger partial charge in [-0.3, -0.25) is 9.78 Å². The number of aromatic amines is 1. The van der Waals surface area contributed by atoms with Gasteiger partial charge in [-0.25, -0.2) is 0 Å². The molecule has 0 atom stereocenters. The third kappa shape index (κ3) is 4.44. The van der Waals surface area contributed by atoms with Gasteiger partial charge in [0.15, 0.2) is 5.16 Å². The summed E-state index contributed by atoms with van der Waals surface area (Å²) in [5, 5.41) is 11.0. The summed E-state index contributed by atoms with van der Waals surface area (Å²) in [5.41, 5.74) is 5.15. The number of H-pyrrole nitrogens is 1. The number of amides is 1. The van der Waals surface area contributed by atoms with E-state index in [1.165, 1.54) is 18.1 Å². The number of rotatable bonds is 6. The summed E-state index contributed by atoms with van der Waals surface area (Å²) in [5.74, 6) is 0.178. The molecule has 2 aromatic heterocycles. The van der Waals surface area contributed by atoms with E-state index in [1.807, 2.05) is 48.7 Å². The number of nitrogens with zero attached hydrogens (tertiary/aromatic N) is 3. The van der Waals surface area contributed by atoms with E-state index in [-0.39, 0.29) is 11.7 Å². The van der Waals surface area contributed by atoms with Crippen LogP contribution in [0, 0.1) is 0 Å². The van der Waals surface area contributed by atoms with Crippen LogP contribution in [0.15, 0.2) is 84.5 Å². The summed E-state index contributed by atoms with van der Waals surface area (Å²) >= 11 is 1.31. The van der Waals surface area contributed by atoms with Crippen molar-refractivity contribution in [2.45, 2.75) is 5.16 Å². The van der Waals surface area contributed by atoms with E-state index in [4.69, 9.17) is 0 Å². The molecule has 0 saturated heterocycles. The number of pyridine rings is 1. The standard InChI is InChI=1S/C21H17N5OS/c27-20(13-28-21-23-14-24-26-21)25-19-8-6-15(7-9-19)16-3-1-4-17(11-16)18-5-2-10-22-12-18/h1-12,14H,13H2,(H,25,27)(H,23,24,26). The first-order valence-corrected chi connectivity index (χ1v) is 9.66. The molecule has 4 rings (SSSR count). The van der Waals surface area contributed by atoms with Crippen molar-refractivity contribution in [2.75, 3.05) is 11.1 Å². The number of carbonyl (C=O) groups excluding carboxylic acids is 1. The van der Waals surface area contributed by atoms with E-state index in [9.17, 15) is 4.79 Å². The van der Waals surface area contributed by atoms with Crippen LogP contribution in [0.2, 0.25) is 0 Å². The van der Waals surface area contributed by atoms with Crippen LogP contribution < -0.4 is 5.32 Å². The molecule has 0 aliphatic heterocycles. The molecule has 0 radical (unpaired) electrons. The number of aromatic nitrogens is 4. The molecule has 6 nitrogen and oxygen atoms in total. The van der Waals surface area contributed by atoms with Gasteiger partial charge in [0, 0.05) is 23.6 Å². The average Bonchev–Trinajstić information content (AvgIpc) is 3.27. The third-order valence-electron chi connectivity index (χ3n) is 4.09. The first-order chi connectivity index (χ1) is 13.8. The molecule has 138 valence electrons. The number of nitrogens with one attached hydrogen (secondary N) is 2. The molecular formula is C21H17N5OS. The monoisotopic (exact) mass is 387 g/mol. The number of anilines is 1. The molecular weight excluding hydrogens is 370 g/mol. The predicted octanol–water partition coefficient (Wildman–Crippen LogP) is 4.26. The smallest absolute Gasteiger partial charge is 0.234 e. The Hall–Kier alpha value is -3.45. The molecule has 2 aromatic carbocycles. The summed E-state index contributed by atoms with van der Waals surface area (Å²) < 4.78 is 0. The van der Waals surface area contributed by atoms with Gasteiger partial charge in [0.05, 0.1) is 5.75 Å². The Morgan fingerprint density at radius 1 is 0.964 bits per heavy atom. The van der Waals surface area contributed by atoms with Crippen LogP contribution in [-0.2, 0) is 4.79 Å². The Morgan fingerprint density at radius 3 is 2.46 bits per heavy atom. The molecule has 0 saturated carbocycles. The fourth-order valence-electron chi connectivity index (χ4n) is 2.75. The van der Waals surface area contributed by atoms with Gasteiger partial charge in [0.1, 0.15) is 6.33 Å². The molecule has 28 heavy (non-hydrogen) atoms. The number of hydrogen-bond donors (Lipinski definition) is 2. The third-order valence-corrected chi connectivity index (χ3v) is 4.97. The molecule has 7 heteroatoms. The zero-order chi connectivity index (χ0) is 19.2. The number of thioether (sulfide) groups is 1. The lowest BCUT2D eigenvalue weighted by molar-refractivity contribution is -0.113. The van der Waals surface area contributed by atoms with Gasteiger partial charge < -0.3 is 10.3 Å². The summed E-state index contributed by atoms with van der Waals surface area (Å²) in [4.78, 5) is 19.1. The van der Waals surface area contributed by atoms with E-state index in [0.29, 0.717) is 5.16 Å². The number of hydrogen-bond acceptors (Lipinski definition) is 5. The summed E-state index contributed by atoms with van der Waals surface area (Å²) in [6.07, 6.45) is 5.11. The topological polar surface area (TPSA) is 83.6 Å². The zero-order valence-electron chi connectivity index (χ0n) is 14.9. The highest BCUT2D eigenvalue weighted by Crippen LogP contribution is 2.27. The second kappa shape index (κ2) is 8.49. The van der Waals surface area contributed by atoms with Gasteiger partial charge in [-0.05, 0) is 41.0 Å². The number of carbonyl (C=O) groups is 1. The molecule has 4 aromatic rings. The minimum absolute atomic E-state index is 0.0901. The lowest BCUT2D eigenvalue weighted by Gasteiger charge is -2.08. The average molecular weight is 387 g/mol. The maximum Gasteiger partial charge on any atom is 0.234 e. The van der Waals surface area contributed by atoms with Crippen LogP contribution in [0.4, 0.5) is 5.69 Å². The largest absolute Gasteiger partial charge is 0.325 e. The normalized spacial score (nSPS) is 10.6. The highest BCUT2D eigenvalue weighted by molar-refractivity contribution is 7.99. The van der Waals surface area contributed by atoms with Crippen molar-refractivity contribution in [1.29, 1.82) is 0 Å². The van der Waals surface area contributed by atoms with Crippen LogP contribution in [0.3, 0.4) is 0 Å². The van der Waals surface area contributed by atoms with Crippen molar-refractivity contribution in [2.24, 2.45) is 0 Å². The highest BCUT2D eigenvalue weighted by atomic mass is 32.2. The van der Waals surface area contributed by atoms with Crippen molar-refractivity contribution >= 4 is 23.4 Å². The van der Waals surface area contributed by atoms with Gasteiger partial charge in [0.2, 0.25) is 5.91 Å². The Bertz CT molecular complexity index is 1050. The van der Waals surface area contributed by atoms with Gasteiger partial charge in [-0.2, -0.15) is 0 Å².